The number of ether oxygens (including phenoxy) is 2. The largest absolute Gasteiger partial charge is 0.453 e. The van der Waals surface area contributed by atoms with Gasteiger partial charge in [-0.1, -0.05) is 59.7 Å². The Morgan fingerprint density at radius 1 is 0.633 bits per heavy atom. The Kier molecular flexibility index (Phi) is 3.88. The number of fused-ring (bicyclic) bond motifs is 4. The summed E-state index contributed by atoms with van der Waals surface area (Å²) >= 11 is 0. The van der Waals surface area contributed by atoms with Crippen LogP contribution in [0.5, 0.6) is 23.0 Å². The van der Waals surface area contributed by atoms with Gasteiger partial charge in [0.05, 0.1) is 0 Å². The number of benzene rings is 3. The van der Waals surface area contributed by atoms with Crippen LogP contribution in [-0.2, 0) is 10.8 Å². The Morgan fingerprint density at radius 3 is 1.93 bits per heavy atom. The van der Waals surface area contributed by atoms with Crippen molar-refractivity contribution < 1.29 is 9.47 Å². The Hall–Kier alpha value is -3.14. The third-order valence-electron chi connectivity index (χ3n) is 5.57. The van der Waals surface area contributed by atoms with Crippen LogP contribution in [0.25, 0.3) is 0 Å². The van der Waals surface area contributed by atoms with Crippen molar-refractivity contribution in [3.05, 3.63) is 70.4 Å². The fraction of sp³-hybridized carbons (Fsp3) is 0.308. The number of hydrogen-bond acceptors (Lipinski definition) is 4. The summed E-state index contributed by atoms with van der Waals surface area (Å²) in [6.45, 7) is 13.3. The molecule has 0 aliphatic carbocycles. The van der Waals surface area contributed by atoms with Gasteiger partial charge in [-0.05, 0) is 40.2 Å². The van der Waals surface area contributed by atoms with Crippen LogP contribution in [0.2, 0.25) is 0 Å². The van der Waals surface area contributed by atoms with Crippen LogP contribution in [0.4, 0.5) is 11.4 Å². The maximum atomic E-state index is 6.39. The zero-order valence-electron chi connectivity index (χ0n) is 18.3. The highest BCUT2D eigenvalue weighted by Crippen LogP contribution is 2.45. The van der Waals surface area contributed by atoms with E-state index in [0.717, 1.165) is 33.6 Å². The minimum atomic E-state index is -0.0608. The molecule has 0 radical (unpaired) electrons. The summed E-state index contributed by atoms with van der Waals surface area (Å²) in [5, 5.41) is 1.53. The third-order valence-corrected chi connectivity index (χ3v) is 5.57. The van der Waals surface area contributed by atoms with Gasteiger partial charge in [-0.3, -0.25) is 0 Å². The summed E-state index contributed by atoms with van der Waals surface area (Å²) in [7, 11) is 0. The van der Waals surface area contributed by atoms with Crippen molar-refractivity contribution in [1.82, 2.24) is 0 Å². The Morgan fingerprint density at radius 2 is 1.27 bits per heavy atom. The second kappa shape index (κ2) is 6.18. The smallest absolute Gasteiger partial charge is 0.155 e. The van der Waals surface area contributed by atoms with E-state index in [4.69, 9.17) is 19.5 Å². The zero-order chi connectivity index (χ0) is 21.3. The van der Waals surface area contributed by atoms with E-state index in [2.05, 4.69) is 53.7 Å². The lowest BCUT2D eigenvalue weighted by molar-refractivity contribution is 0.446. The number of nitrogens with zero attached hydrogens (tertiary/aromatic N) is 2. The zero-order valence-corrected chi connectivity index (χ0v) is 18.3. The summed E-state index contributed by atoms with van der Waals surface area (Å²) in [5.74, 6) is 2.97. The van der Waals surface area contributed by atoms with Crippen LogP contribution in [0.15, 0.2) is 58.5 Å². The standard InChI is InChI=1S/C26H26N2O2/c1-25(2,3)15-11-16(26(4,5)6)24-23(12-15)30-22-13-18-21(14-19(22)28-24)29-20-10-8-7-9-17(20)27-18/h7-14H,1-6H3. The van der Waals surface area contributed by atoms with Gasteiger partial charge in [-0.2, -0.15) is 0 Å². The van der Waals surface area contributed by atoms with E-state index < -0.39 is 0 Å². The number of hydrogen-bond donors (Lipinski definition) is 0. The van der Waals surface area contributed by atoms with Crippen molar-refractivity contribution in [3.8, 4) is 23.0 Å². The van der Waals surface area contributed by atoms with Crippen LogP contribution in [-0.4, -0.2) is 0 Å². The van der Waals surface area contributed by atoms with E-state index in [9.17, 15) is 0 Å². The van der Waals surface area contributed by atoms with Crippen molar-refractivity contribution in [2.24, 2.45) is 9.98 Å². The number of rotatable bonds is 0. The van der Waals surface area contributed by atoms with Gasteiger partial charge in [0.1, 0.15) is 22.1 Å². The average molecular weight is 399 g/mol. The van der Waals surface area contributed by atoms with Crippen LogP contribution in [0.1, 0.15) is 52.7 Å². The molecule has 2 aliphatic heterocycles. The minimum Gasteiger partial charge on any atom is -0.453 e. The number of para-hydroxylation sites is 2. The van der Waals surface area contributed by atoms with Crippen LogP contribution < -0.4 is 20.2 Å². The molecule has 4 heteroatoms. The molecular formula is C26H26N2O2. The molecule has 2 heterocycles. The Balaban J connectivity index is 1.73. The molecule has 152 valence electrons. The molecule has 0 spiro atoms. The first kappa shape index (κ1) is 18.9. The van der Waals surface area contributed by atoms with Gasteiger partial charge in [0.15, 0.2) is 23.0 Å². The fourth-order valence-corrected chi connectivity index (χ4v) is 3.81. The maximum Gasteiger partial charge on any atom is 0.155 e. The fourth-order valence-electron chi connectivity index (χ4n) is 3.81. The average Bonchev–Trinajstić information content (AvgIpc) is 2.66. The quantitative estimate of drug-likeness (QED) is 0.303. The molecule has 0 N–H and O–H groups in total. The van der Waals surface area contributed by atoms with E-state index in [0.29, 0.717) is 11.5 Å². The second-order valence-corrected chi connectivity index (χ2v) is 10.1. The van der Waals surface area contributed by atoms with Gasteiger partial charge in [0.2, 0.25) is 0 Å². The van der Waals surface area contributed by atoms with Gasteiger partial charge in [-0.15, -0.1) is 0 Å². The molecule has 3 aromatic rings. The van der Waals surface area contributed by atoms with Crippen LogP contribution in [0.3, 0.4) is 0 Å². The van der Waals surface area contributed by atoms with Crippen molar-refractivity contribution >= 4 is 11.4 Å². The van der Waals surface area contributed by atoms with Gasteiger partial charge in [-0.25, -0.2) is 9.98 Å². The molecule has 0 atom stereocenters. The minimum absolute atomic E-state index is 0.0153. The normalized spacial score (nSPS) is 14.1. The van der Waals surface area contributed by atoms with E-state index in [1.807, 2.05) is 36.4 Å². The predicted octanol–water partition coefficient (Wildman–Crippen LogP) is 6.40. The molecule has 30 heavy (non-hydrogen) atoms. The molecule has 5 rings (SSSR count). The maximum absolute atomic E-state index is 6.39. The molecule has 0 fully saturated rings. The lowest BCUT2D eigenvalue weighted by atomic mass is 9.79. The summed E-state index contributed by atoms with van der Waals surface area (Å²) < 4.78 is 12.5. The topological polar surface area (TPSA) is 43.2 Å². The highest BCUT2D eigenvalue weighted by molar-refractivity contribution is 5.65. The Labute approximate surface area is 176 Å². The summed E-state index contributed by atoms with van der Waals surface area (Å²) in [6, 6.07) is 16.0. The van der Waals surface area contributed by atoms with Crippen molar-refractivity contribution in [2.45, 2.75) is 52.4 Å². The van der Waals surface area contributed by atoms with Gasteiger partial charge in [0, 0.05) is 12.1 Å². The highest BCUT2D eigenvalue weighted by Gasteiger charge is 2.28. The molecular weight excluding hydrogens is 372 g/mol. The van der Waals surface area contributed by atoms with Gasteiger partial charge in [0.25, 0.3) is 0 Å². The van der Waals surface area contributed by atoms with E-state index >= 15 is 0 Å². The molecule has 4 nitrogen and oxygen atoms in total. The monoisotopic (exact) mass is 398 g/mol. The van der Waals surface area contributed by atoms with E-state index in [1.54, 1.807) is 0 Å². The molecule has 0 aromatic heterocycles. The molecule has 0 saturated heterocycles. The second-order valence-electron chi connectivity index (χ2n) is 10.1. The SMILES string of the molecule is CC(C)(C)c1cc2c(c(C(C)(C)C)c1)N=c1cc3c(cc1O2)=Nc1ccccc1O3. The first-order valence-electron chi connectivity index (χ1n) is 10.3. The molecule has 0 unspecified atom stereocenters. The first-order chi connectivity index (χ1) is 14.1. The first-order valence-corrected chi connectivity index (χ1v) is 10.3. The van der Waals surface area contributed by atoms with Gasteiger partial charge < -0.3 is 9.47 Å². The molecule has 0 amide bonds. The van der Waals surface area contributed by atoms with E-state index in [-0.39, 0.29) is 10.8 Å². The van der Waals surface area contributed by atoms with Crippen molar-refractivity contribution in [1.29, 1.82) is 0 Å². The highest BCUT2D eigenvalue weighted by atomic mass is 16.5. The van der Waals surface area contributed by atoms with Crippen LogP contribution in [0, 0.1) is 0 Å². The summed E-state index contributed by atoms with van der Waals surface area (Å²) in [5.41, 5.74) is 4.10. The van der Waals surface area contributed by atoms with Crippen molar-refractivity contribution in [2.75, 3.05) is 0 Å². The summed E-state index contributed by atoms with van der Waals surface area (Å²) in [6.07, 6.45) is 0. The van der Waals surface area contributed by atoms with Crippen molar-refractivity contribution in [3.63, 3.8) is 0 Å². The third kappa shape index (κ3) is 3.07. The molecule has 0 saturated carbocycles. The lowest BCUT2D eigenvalue weighted by Crippen LogP contribution is -2.21. The van der Waals surface area contributed by atoms with E-state index in [1.165, 1.54) is 11.1 Å². The molecule has 3 aromatic carbocycles. The predicted molar refractivity (Wildman–Crippen MR) is 119 cm³/mol. The Bertz CT molecular complexity index is 1310. The van der Waals surface area contributed by atoms with Crippen LogP contribution >= 0.6 is 0 Å². The van der Waals surface area contributed by atoms with Gasteiger partial charge >= 0.3 is 0 Å². The lowest BCUT2D eigenvalue weighted by Gasteiger charge is -2.29. The molecule has 0 bridgehead atoms. The summed E-state index contributed by atoms with van der Waals surface area (Å²) in [4.78, 5) is 9.76. The molecule has 2 aliphatic rings.